The Morgan fingerprint density at radius 1 is 1.18 bits per heavy atom. The van der Waals surface area contributed by atoms with Crippen LogP contribution in [0.25, 0.3) is 16.9 Å². The van der Waals surface area contributed by atoms with Crippen LogP contribution in [0, 0.1) is 0 Å². The van der Waals surface area contributed by atoms with Crippen molar-refractivity contribution in [1.82, 2.24) is 29.5 Å². The highest BCUT2D eigenvalue weighted by atomic mass is 16.5. The van der Waals surface area contributed by atoms with Crippen LogP contribution in [0.5, 0.6) is 11.5 Å². The number of carbonyl (C=O) groups is 1. The molecule has 1 amide bonds. The molecular formula is C24H20N10O4. The van der Waals surface area contributed by atoms with Crippen molar-refractivity contribution < 1.29 is 14.6 Å². The van der Waals surface area contributed by atoms with Gasteiger partial charge in [0.2, 0.25) is 5.95 Å². The predicted octanol–water partition coefficient (Wildman–Crippen LogP) is 1.98. The molecule has 0 spiro atoms. The lowest BCUT2D eigenvalue weighted by Gasteiger charge is -2.19. The molecule has 14 nitrogen and oxygen atoms in total. The molecule has 4 heterocycles. The van der Waals surface area contributed by atoms with Gasteiger partial charge in [-0.1, -0.05) is 6.07 Å². The predicted molar refractivity (Wildman–Crippen MR) is 139 cm³/mol. The summed E-state index contributed by atoms with van der Waals surface area (Å²) in [7, 11) is 1.53. The number of hydrogen-bond acceptors (Lipinski definition) is 11. The molecule has 0 unspecified atom stereocenters. The minimum Gasteiger partial charge on any atom is -0.508 e. The Hall–Kier alpha value is -5.66. The van der Waals surface area contributed by atoms with E-state index in [1.54, 1.807) is 28.8 Å². The van der Waals surface area contributed by atoms with E-state index >= 15 is 0 Å². The third kappa shape index (κ3) is 3.85. The molecule has 1 aliphatic rings. The van der Waals surface area contributed by atoms with Crippen molar-refractivity contribution in [2.24, 2.45) is 5.73 Å². The molecule has 0 bridgehead atoms. The van der Waals surface area contributed by atoms with Crippen molar-refractivity contribution >= 4 is 45.9 Å². The van der Waals surface area contributed by atoms with Crippen LogP contribution in [0.15, 0.2) is 59.8 Å². The number of benzene rings is 2. The van der Waals surface area contributed by atoms with Gasteiger partial charge in [0.1, 0.15) is 29.2 Å². The first-order valence-electron chi connectivity index (χ1n) is 11.3. The lowest BCUT2D eigenvalue weighted by Crippen LogP contribution is -2.19. The van der Waals surface area contributed by atoms with E-state index in [0.717, 1.165) is 5.69 Å². The lowest BCUT2D eigenvalue weighted by molar-refractivity contribution is 0.0997. The zero-order valence-electron chi connectivity index (χ0n) is 19.8. The summed E-state index contributed by atoms with van der Waals surface area (Å²) in [5.41, 5.74) is 8.17. The number of nitrogens with zero attached hydrogens (tertiary/aromatic N) is 6. The normalized spacial score (nSPS) is 12.3. The number of phenolic OH excluding ortho intramolecular Hbond substituents is 1. The molecule has 2 aromatic carbocycles. The number of H-pyrrole nitrogens is 1. The van der Waals surface area contributed by atoms with Gasteiger partial charge in [-0.2, -0.15) is 9.97 Å². The Balaban J connectivity index is 1.44. The van der Waals surface area contributed by atoms with Crippen molar-refractivity contribution in [3.05, 3.63) is 71.2 Å². The second-order valence-electron chi connectivity index (χ2n) is 8.29. The number of aromatic nitrogens is 6. The first-order valence-corrected chi connectivity index (χ1v) is 11.3. The van der Waals surface area contributed by atoms with Crippen molar-refractivity contribution in [1.29, 1.82) is 0 Å². The highest BCUT2D eigenvalue weighted by molar-refractivity contribution is 6.02. The number of hydrogen-bond donors (Lipinski definition) is 5. The summed E-state index contributed by atoms with van der Waals surface area (Å²) in [6.07, 6.45) is 2.98. The smallest absolute Gasteiger partial charge is 0.346 e. The monoisotopic (exact) mass is 512 g/mol. The molecule has 0 saturated carbocycles. The maximum Gasteiger partial charge on any atom is 0.346 e. The summed E-state index contributed by atoms with van der Waals surface area (Å²) in [4.78, 5) is 45.5. The number of nitrogens with two attached hydrogens (primary N) is 1. The zero-order valence-corrected chi connectivity index (χ0v) is 19.8. The van der Waals surface area contributed by atoms with Crippen LogP contribution in [0.4, 0.5) is 28.8 Å². The molecule has 0 fully saturated rings. The topological polar surface area (TPSA) is 189 Å². The van der Waals surface area contributed by atoms with Crippen LogP contribution in [-0.4, -0.2) is 54.3 Å². The second kappa shape index (κ2) is 8.77. The number of fused-ring (bicyclic) bond motifs is 2. The molecular weight excluding hydrogens is 492 g/mol. The Morgan fingerprint density at radius 2 is 2.05 bits per heavy atom. The molecule has 0 saturated heterocycles. The molecule has 3 aromatic heterocycles. The number of rotatable bonds is 6. The van der Waals surface area contributed by atoms with Crippen LogP contribution < -0.4 is 31.7 Å². The maximum atomic E-state index is 12.2. The third-order valence-corrected chi connectivity index (χ3v) is 5.96. The molecule has 0 radical (unpaired) electrons. The summed E-state index contributed by atoms with van der Waals surface area (Å²) in [5.74, 6) is 0.444. The Kier molecular flexibility index (Phi) is 5.26. The van der Waals surface area contributed by atoms with Crippen molar-refractivity contribution in [3.63, 3.8) is 0 Å². The van der Waals surface area contributed by atoms with E-state index in [1.807, 2.05) is 11.0 Å². The third-order valence-electron chi connectivity index (χ3n) is 5.96. The van der Waals surface area contributed by atoms with E-state index in [4.69, 9.17) is 10.5 Å². The van der Waals surface area contributed by atoms with E-state index in [0.29, 0.717) is 40.9 Å². The van der Waals surface area contributed by atoms with Gasteiger partial charge in [-0.3, -0.25) is 14.3 Å². The first kappa shape index (κ1) is 22.8. The minimum absolute atomic E-state index is 0.0530. The molecule has 38 heavy (non-hydrogen) atoms. The number of ether oxygens (including phenoxy) is 1. The highest BCUT2D eigenvalue weighted by Gasteiger charge is 2.24. The fourth-order valence-corrected chi connectivity index (χ4v) is 4.24. The van der Waals surface area contributed by atoms with Gasteiger partial charge in [0.15, 0.2) is 11.3 Å². The summed E-state index contributed by atoms with van der Waals surface area (Å²) in [6.45, 7) is 0.423. The summed E-state index contributed by atoms with van der Waals surface area (Å²) >= 11 is 0. The van der Waals surface area contributed by atoms with Gasteiger partial charge < -0.3 is 31.1 Å². The van der Waals surface area contributed by atoms with Crippen LogP contribution in [0.3, 0.4) is 0 Å². The second-order valence-corrected chi connectivity index (χ2v) is 8.29. The van der Waals surface area contributed by atoms with Gasteiger partial charge in [0.25, 0.3) is 5.91 Å². The standard InChI is InChI=1S/C24H20N10O4/c1-38-17-8-13(33-10-27-15-9-26-24(37)32-21(15)33)5-6-16(17)34-11-28-19-18(20(25)36)30-23(31-22(19)34)29-12-3-2-4-14(35)7-12/h2-9,11,27,35H,10H2,1H3,(H2,25,36)(H,26,32,37)(H,29,30,31). The number of aromatic hydroxyl groups is 1. The fourth-order valence-electron chi connectivity index (χ4n) is 4.24. The molecule has 0 atom stereocenters. The largest absolute Gasteiger partial charge is 0.508 e. The van der Waals surface area contributed by atoms with Crippen LogP contribution in [-0.2, 0) is 0 Å². The van der Waals surface area contributed by atoms with Gasteiger partial charge in [0, 0.05) is 23.5 Å². The summed E-state index contributed by atoms with van der Waals surface area (Å²) in [5, 5.41) is 15.9. The van der Waals surface area contributed by atoms with Gasteiger partial charge in [-0.15, -0.1) is 0 Å². The molecule has 14 heteroatoms. The average Bonchev–Trinajstić information content (AvgIpc) is 3.52. The number of carbonyl (C=O) groups excluding carboxylic acids is 1. The fraction of sp³-hybridized carbons (Fsp3) is 0.0833. The van der Waals surface area contributed by atoms with E-state index in [1.165, 1.54) is 31.8 Å². The molecule has 0 aliphatic carbocycles. The number of methoxy groups -OCH3 is 1. The van der Waals surface area contributed by atoms with Gasteiger partial charge >= 0.3 is 5.69 Å². The van der Waals surface area contributed by atoms with Gasteiger partial charge in [-0.05, 0) is 24.3 Å². The number of nitrogens with one attached hydrogen (secondary N) is 3. The lowest BCUT2D eigenvalue weighted by atomic mass is 10.2. The molecule has 1 aliphatic heterocycles. The number of anilines is 5. The number of imidazole rings is 1. The average molecular weight is 512 g/mol. The molecule has 6 rings (SSSR count). The van der Waals surface area contributed by atoms with Crippen LogP contribution in [0.1, 0.15) is 10.5 Å². The van der Waals surface area contributed by atoms with Crippen LogP contribution in [0.2, 0.25) is 0 Å². The first-order chi connectivity index (χ1) is 18.4. The maximum absolute atomic E-state index is 12.2. The highest BCUT2D eigenvalue weighted by Crippen LogP contribution is 2.37. The Bertz CT molecular complexity index is 1780. The van der Waals surface area contributed by atoms with E-state index in [9.17, 15) is 14.7 Å². The Morgan fingerprint density at radius 3 is 2.84 bits per heavy atom. The van der Waals surface area contributed by atoms with E-state index in [-0.39, 0.29) is 22.9 Å². The SMILES string of the molecule is COc1cc(N2CNc3cnc(=O)[nH]c32)ccc1-n1cnc2c(C(N)=O)nc(Nc3cccc(O)c3)nc21. The van der Waals surface area contributed by atoms with E-state index < -0.39 is 11.6 Å². The number of amides is 1. The van der Waals surface area contributed by atoms with Crippen molar-refractivity contribution in [2.75, 3.05) is 29.3 Å². The molecule has 190 valence electrons. The van der Waals surface area contributed by atoms with E-state index in [2.05, 4.69) is 35.6 Å². The van der Waals surface area contributed by atoms with Crippen molar-refractivity contribution in [2.45, 2.75) is 0 Å². The molecule has 5 aromatic rings. The summed E-state index contributed by atoms with van der Waals surface area (Å²) in [6, 6.07) is 11.8. The van der Waals surface area contributed by atoms with Crippen LogP contribution >= 0.6 is 0 Å². The number of aromatic amines is 1. The Labute approximate surface area is 213 Å². The van der Waals surface area contributed by atoms with Gasteiger partial charge in [0.05, 0.1) is 31.4 Å². The quantitative estimate of drug-likeness (QED) is 0.224. The number of phenols is 1. The van der Waals surface area contributed by atoms with Crippen molar-refractivity contribution in [3.8, 4) is 17.2 Å². The summed E-state index contributed by atoms with van der Waals surface area (Å²) < 4.78 is 7.34. The zero-order chi connectivity index (χ0) is 26.4. The minimum atomic E-state index is -0.771. The molecule has 6 N–H and O–H groups in total. The number of primary amides is 1. The van der Waals surface area contributed by atoms with Gasteiger partial charge in [-0.25, -0.2) is 14.8 Å².